The summed E-state index contributed by atoms with van der Waals surface area (Å²) in [6.45, 7) is 4.26. The Kier molecular flexibility index (Phi) is 5.30. The molecule has 28 heavy (non-hydrogen) atoms. The van der Waals surface area contributed by atoms with Gasteiger partial charge in [-0.2, -0.15) is 0 Å². The van der Waals surface area contributed by atoms with Crippen molar-refractivity contribution in [2.75, 3.05) is 26.2 Å². The molecular weight excluding hydrogens is 372 g/mol. The highest BCUT2D eigenvalue weighted by atomic mass is 32.1. The third-order valence-electron chi connectivity index (χ3n) is 5.04. The number of benzene rings is 1. The second kappa shape index (κ2) is 8.02. The number of rotatable bonds is 4. The van der Waals surface area contributed by atoms with Gasteiger partial charge in [0.15, 0.2) is 0 Å². The van der Waals surface area contributed by atoms with Crippen LogP contribution in [0.1, 0.15) is 27.9 Å². The van der Waals surface area contributed by atoms with Crippen LogP contribution in [-0.4, -0.2) is 47.8 Å². The van der Waals surface area contributed by atoms with E-state index in [0.29, 0.717) is 26.2 Å². The molecule has 3 heterocycles. The fourth-order valence-electron chi connectivity index (χ4n) is 3.51. The summed E-state index contributed by atoms with van der Waals surface area (Å²) in [5.74, 6) is 0.905. The molecule has 2 amide bonds. The molecule has 5 nitrogen and oxygen atoms in total. The average molecular weight is 394 g/mol. The lowest BCUT2D eigenvalue weighted by Gasteiger charge is -2.34. The highest BCUT2D eigenvalue weighted by molar-refractivity contribution is 7.12. The van der Waals surface area contributed by atoms with E-state index in [1.165, 1.54) is 11.3 Å². The van der Waals surface area contributed by atoms with Gasteiger partial charge in [-0.1, -0.05) is 31.2 Å². The highest BCUT2D eigenvalue weighted by Gasteiger charge is 2.24. The Morgan fingerprint density at radius 3 is 2.54 bits per heavy atom. The summed E-state index contributed by atoms with van der Waals surface area (Å²) in [6, 6.07) is 11.6. The first-order chi connectivity index (χ1) is 13.7. The van der Waals surface area contributed by atoms with E-state index < -0.39 is 0 Å². The number of hydrogen-bond donors (Lipinski definition) is 0. The summed E-state index contributed by atoms with van der Waals surface area (Å²) >= 11 is 1.45. The Morgan fingerprint density at radius 1 is 1.07 bits per heavy atom. The molecule has 0 unspecified atom stereocenters. The van der Waals surface area contributed by atoms with Crippen LogP contribution in [-0.2, 0) is 11.2 Å². The maximum Gasteiger partial charge on any atom is 0.264 e. The number of furan rings is 1. The maximum atomic E-state index is 12.6. The quantitative estimate of drug-likeness (QED) is 0.627. The second-order valence-electron chi connectivity index (χ2n) is 6.72. The van der Waals surface area contributed by atoms with Gasteiger partial charge < -0.3 is 14.2 Å². The molecule has 0 N–H and O–H groups in total. The summed E-state index contributed by atoms with van der Waals surface area (Å²) in [6.07, 6.45) is 4.25. The van der Waals surface area contributed by atoms with Crippen molar-refractivity contribution in [2.45, 2.75) is 13.3 Å². The first-order valence-electron chi connectivity index (χ1n) is 9.47. The molecule has 0 atom stereocenters. The normalized spacial score (nSPS) is 14.9. The van der Waals surface area contributed by atoms with Crippen molar-refractivity contribution in [1.82, 2.24) is 9.80 Å². The van der Waals surface area contributed by atoms with Crippen LogP contribution in [0, 0.1) is 0 Å². The monoisotopic (exact) mass is 394 g/mol. The smallest absolute Gasteiger partial charge is 0.264 e. The van der Waals surface area contributed by atoms with Crippen LogP contribution in [0.25, 0.3) is 17.0 Å². The van der Waals surface area contributed by atoms with Crippen molar-refractivity contribution >= 4 is 40.2 Å². The van der Waals surface area contributed by atoms with Crippen LogP contribution in [0.15, 0.2) is 52.3 Å². The van der Waals surface area contributed by atoms with Gasteiger partial charge >= 0.3 is 0 Å². The molecule has 0 aliphatic carbocycles. The van der Waals surface area contributed by atoms with Gasteiger partial charge in [0.1, 0.15) is 11.3 Å². The van der Waals surface area contributed by atoms with Crippen LogP contribution in [0.4, 0.5) is 0 Å². The summed E-state index contributed by atoms with van der Waals surface area (Å²) < 4.78 is 5.88. The highest BCUT2D eigenvalue weighted by Crippen LogP contribution is 2.27. The summed E-state index contributed by atoms with van der Waals surface area (Å²) in [4.78, 5) is 29.4. The van der Waals surface area contributed by atoms with Gasteiger partial charge in [0.2, 0.25) is 5.91 Å². The molecule has 0 radical (unpaired) electrons. The number of piperazine rings is 1. The zero-order valence-electron chi connectivity index (χ0n) is 15.8. The maximum absolute atomic E-state index is 12.6. The number of carbonyl (C=O) groups excluding carboxylic acids is 2. The lowest BCUT2D eigenvalue weighted by molar-refractivity contribution is -0.127. The van der Waals surface area contributed by atoms with Crippen LogP contribution < -0.4 is 0 Å². The van der Waals surface area contributed by atoms with E-state index in [1.807, 2.05) is 59.7 Å². The molecule has 0 bridgehead atoms. The van der Waals surface area contributed by atoms with E-state index >= 15 is 0 Å². The van der Waals surface area contributed by atoms with Crippen LogP contribution in [0.5, 0.6) is 0 Å². The topological polar surface area (TPSA) is 53.8 Å². The molecule has 2 aromatic heterocycles. The van der Waals surface area contributed by atoms with E-state index in [4.69, 9.17) is 4.42 Å². The molecule has 0 saturated carbocycles. The summed E-state index contributed by atoms with van der Waals surface area (Å²) in [5, 5.41) is 2.93. The fourth-order valence-corrected chi connectivity index (χ4v) is 4.20. The first-order valence-corrected chi connectivity index (χ1v) is 10.4. The molecule has 1 aliphatic heterocycles. The molecule has 4 rings (SSSR count). The van der Waals surface area contributed by atoms with E-state index in [9.17, 15) is 9.59 Å². The Hall–Kier alpha value is -2.86. The number of amides is 2. The van der Waals surface area contributed by atoms with Gasteiger partial charge in [-0.05, 0) is 23.6 Å². The first kappa shape index (κ1) is 18.5. The van der Waals surface area contributed by atoms with E-state index in [1.54, 1.807) is 11.0 Å². The summed E-state index contributed by atoms with van der Waals surface area (Å²) in [5.41, 5.74) is 1.81. The Bertz CT molecular complexity index is 1010. The van der Waals surface area contributed by atoms with Gasteiger partial charge in [-0.15, -0.1) is 11.3 Å². The minimum absolute atomic E-state index is 0.0319. The number of aryl methyl sites for hydroxylation is 1. The molecule has 1 aromatic carbocycles. The van der Waals surface area contributed by atoms with Gasteiger partial charge in [-0.25, -0.2) is 0 Å². The number of fused-ring (bicyclic) bond motifs is 1. The van der Waals surface area contributed by atoms with Crippen molar-refractivity contribution in [2.24, 2.45) is 0 Å². The zero-order valence-corrected chi connectivity index (χ0v) is 16.6. The molecule has 144 valence electrons. The lowest BCUT2D eigenvalue weighted by Crippen LogP contribution is -2.50. The number of carbonyl (C=O) groups is 2. The van der Waals surface area contributed by atoms with Crippen LogP contribution in [0.3, 0.4) is 0 Å². The van der Waals surface area contributed by atoms with Crippen molar-refractivity contribution in [1.29, 1.82) is 0 Å². The minimum atomic E-state index is -0.0319. The molecular formula is C22H22N2O3S. The lowest BCUT2D eigenvalue weighted by atomic mass is 10.1. The average Bonchev–Trinajstić information content (AvgIpc) is 3.39. The van der Waals surface area contributed by atoms with E-state index in [2.05, 4.69) is 0 Å². The van der Waals surface area contributed by atoms with E-state index in [0.717, 1.165) is 33.6 Å². The molecule has 1 aliphatic rings. The second-order valence-corrected chi connectivity index (χ2v) is 7.66. The molecule has 6 heteroatoms. The Labute approximate surface area is 167 Å². The van der Waals surface area contributed by atoms with Gasteiger partial charge in [0.25, 0.3) is 5.91 Å². The molecule has 0 spiro atoms. The van der Waals surface area contributed by atoms with Gasteiger partial charge in [-0.3, -0.25) is 9.59 Å². The molecule has 1 saturated heterocycles. The standard InChI is InChI=1S/C22H22N2O3S/c1-2-18-17(16-6-3-4-7-19(16)27-18)9-10-21(25)23-11-13-24(14-12-23)22(26)20-8-5-15-28-20/h3-10,15H,2,11-14H2,1H3/b10-9+. The minimum Gasteiger partial charge on any atom is -0.460 e. The number of nitrogens with zero attached hydrogens (tertiary/aromatic N) is 2. The Morgan fingerprint density at radius 2 is 1.82 bits per heavy atom. The third kappa shape index (κ3) is 3.60. The Balaban J connectivity index is 1.42. The number of thiophene rings is 1. The van der Waals surface area contributed by atoms with Crippen molar-refractivity contribution in [3.05, 3.63) is 64.1 Å². The van der Waals surface area contributed by atoms with Gasteiger partial charge in [0.05, 0.1) is 4.88 Å². The van der Waals surface area contributed by atoms with Crippen molar-refractivity contribution < 1.29 is 14.0 Å². The van der Waals surface area contributed by atoms with Gasteiger partial charge in [0, 0.05) is 49.6 Å². The van der Waals surface area contributed by atoms with Crippen molar-refractivity contribution in [3.8, 4) is 0 Å². The van der Waals surface area contributed by atoms with Crippen LogP contribution in [0.2, 0.25) is 0 Å². The van der Waals surface area contributed by atoms with Crippen molar-refractivity contribution in [3.63, 3.8) is 0 Å². The zero-order chi connectivity index (χ0) is 19.5. The van der Waals surface area contributed by atoms with Crippen LogP contribution >= 0.6 is 11.3 Å². The summed E-state index contributed by atoms with van der Waals surface area (Å²) in [7, 11) is 0. The number of para-hydroxylation sites is 1. The molecule has 3 aromatic rings. The predicted octanol–water partition coefficient (Wildman–Crippen LogP) is 4.05. The largest absolute Gasteiger partial charge is 0.460 e. The fraction of sp³-hybridized carbons (Fsp3) is 0.273. The van der Waals surface area contributed by atoms with E-state index in [-0.39, 0.29) is 11.8 Å². The third-order valence-corrected chi connectivity index (χ3v) is 5.89. The predicted molar refractivity (Wildman–Crippen MR) is 111 cm³/mol. The molecule has 1 fully saturated rings. The SMILES string of the molecule is CCc1oc2ccccc2c1/C=C/C(=O)N1CCN(C(=O)c2cccs2)CC1. The number of hydrogen-bond acceptors (Lipinski definition) is 4.